The highest BCUT2D eigenvalue weighted by molar-refractivity contribution is 5.82. The molecule has 0 aliphatic rings. The third-order valence-corrected chi connectivity index (χ3v) is 2.53. The lowest BCUT2D eigenvalue weighted by Gasteiger charge is -2.18. The molecule has 2 N–H and O–H groups in total. The molecule has 2 aromatic rings. The highest BCUT2D eigenvalue weighted by atomic mass is 16.3. The Labute approximate surface area is 106 Å². The Morgan fingerprint density at radius 2 is 2.11 bits per heavy atom. The minimum Gasteiger partial charge on any atom is -0.389 e. The normalized spacial score (nSPS) is 11.2. The second-order valence-corrected chi connectivity index (χ2v) is 4.86. The molecule has 0 saturated carbocycles. The topological polar surface area (TPSA) is 68.9 Å². The largest absolute Gasteiger partial charge is 0.389 e. The van der Waals surface area contributed by atoms with Gasteiger partial charge in [0.1, 0.15) is 11.9 Å². The molecule has 2 rings (SSSR count). The number of anilines is 1. The molecule has 92 valence electrons. The van der Waals surface area contributed by atoms with Crippen LogP contribution in [0.2, 0.25) is 0 Å². The van der Waals surface area contributed by atoms with E-state index in [1.54, 1.807) is 19.9 Å². The Morgan fingerprint density at radius 1 is 1.39 bits per heavy atom. The summed E-state index contributed by atoms with van der Waals surface area (Å²) in [7, 11) is 0. The molecule has 1 aromatic carbocycles. The molecular weight excluding hydrogens is 226 g/mol. The number of hydrogen-bond donors (Lipinski definition) is 2. The molecule has 0 radical (unpaired) electrons. The zero-order chi connectivity index (χ0) is 13.2. The van der Waals surface area contributed by atoms with Crippen LogP contribution >= 0.6 is 0 Å². The lowest BCUT2D eigenvalue weighted by molar-refractivity contribution is 0.0944. The Bertz CT molecular complexity index is 608. The van der Waals surface area contributed by atoms with Gasteiger partial charge in [-0.05, 0) is 26.0 Å². The number of nitrogens with zero attached hydrogens (tertiary/aromatic N) is 2. The van der Waals surface area contributed by atoms with Crippen LogP contribution in [-0.2, 0) is 0 Å². The average Bonchev–Trinajstić information content (AvgIpc) is 2.34. The van der Waals surface area contributed by atoms with Crippen LogP contribution in [0.4, 0.5) is 5.82 Å². The molecule has 0 aliphatic heterocycles. The SMILES string of the molecule is CC(C)(O)CNc1nc2ccccc2cc1C#N. The summed E-state index contributed by atoms with van der Waals surface area (Å²) >= 11 is 0. The molecule has 0 bridgehead atoms. The predicted octanol–water partition coefficient (Wildman–Crippen LogP) is 2.29. The summed E-state index contributed by atoms with van der Waals surface area (Å²) in [5.41, 5.74) is 0.466. The van der Waals surface area contributed by atoms with E-state index in [2.05, 4.69) is 16.4 Å². The van der Waals surface area contributed by atoms with Crippen molar-refractivity contribution in [2.75, 3.05) is 11.9 Å². The minimum absolute atomic E-state index is 0.340. The van der Waals surface area contributed by atoms with Crippen molar-refractivity contribution in [1.82, 2.24) is 4.98 Å². The van der Waals surface area contributed by atoms with Crippen molar-refractivity contribution in [1.29, 1.82) is 5.26 Å². The van der Waals surface area contributed by atoms with Gasteiger partial charge in [-0.25, -0.2) is 4.98 Å². The van der Waals surface area contributed by atoms with Crippen molar-refractivity contribution in [3.8, 4) is 6.07 Å². The van der Waals surface area contributed by atoms with Gasteiger partial charge in [-0.1, -0.05) is 18.2 Å². The number of nitrogens with one attached hydrogen (secondary N) is 1. The van der Waals surface area contributed by atoms with Crippen LogP contribution in [0.3, 0.4) is 0 Å². The van der Waals surface area contributed by atoms with E-state index in [1.165, 1.54) is 0 Å². The quantitative estimate of drug-likeness (QED) is 0.865. The average molecular weight is 241 g/mol. The van der Waals surface area contributed by atoms with E-state index in [4.69, 9.17) is 5.26 Å². The highest BCUT2D eigenvalue weighted by Crippen LogP contribution is 2.20. The lowest BCUT2D eigenvalue weighted by atomic mass is 10.1. The van der Waals surface area contributed by atoms with Crippen molar-refractivity contribution in [3.63, 3.8) is 0 Å². The second-order valence-electron chi connectivity index (χ2n) is 4.86. The summed E-state index contributed by atoms with van der Waals surface area (Å²) in [4.78, 5) is 4.40. The monoisotopic (exact) mass is 241 g/mol. The predicted molar refractivity (Wildman–Crippen MR) is 71.2 cm³/mol. The Balaban J connectivity index is 2.40. The molecule has 0 spiro atoms. The molecule has 18 heavy (non-hydrogen) atoms. The number of hydrogen-bond acceptors (Lipinski definition) is 4. The number of aliphatic hydroxyl groups is 1. The van der Waals surface area contributed by atoms with E-state index in [-0.39, 0.29) is 0 Å². The van der Waals surface area contributed by atoms with Gasteiger partial charge in [0.15, 0.2) is 0 Å². The van der Waals surface area contributed by atoms with Gasteiger partial charge in [-0.3, -0.25) is 0 Å². The van der Waals surface area contributed by atoms with E-state index >= 15 is 0 Å². The Kier molecular flexibility index (Phi) is 3.17. The van der Waals surface area contributed by atoms with Crippen molar-refractivity contribution in [2.24, 2.45) is 0 Å². The smallest absolute Gasteiger partial charge is 0.144 e. The molecule has 0 atom stereocenters. The van der Waals surface area contributed by atoms with Crippen LogP contribution in [0, 0.1) is 11.3 Å². The summed E-state index contributed by atoms with van der Waals surface area (Å²) in [6.45, 7) is 3.74. The van der Waals surface area contributed by atoms with Crippen molar-refractivity contribution in [3.05, 3.63) is 35.9 Å². The van der Waals surface area contributed by atoms with Gasteiger partial charge in [-0.15, -0.1) is 0 Å². The van der Waals surface area contributed by atoms with Gasteiger partial charge in [0.25, 0.3) is 0 Å². The van der Waals surface area contributed by atoms with Crippen molar-refractivity contribution in [2.45, 2.75) is 19.4 Å². The van der Waals surface area contributed by atoms with Crippen molar-refractivity contribution >= 4 is 16.7 Å². The standard InChI is InChI=1S/C14H15N3O/c1-14(2,18)9-16-13-11(8-15)7-10-5-3-4-6-12(10)17-13/h3-7,18H,9H2,1-2H3,(H,16,17). The number of para-hydroxylation sites is 1. The van der Waals surface area contributed by atoms with E-state index in [0.717, 1.165) is 10.9 Å². The van der Waals surface area contributed by atoms with Gasteiger partial charge in [0.05, 0.1) is 16.7 Å². The van der Waals surface area contributed by atoms with Gasteiger partial charge < -0.3 is 10.4 Å². The third kappa shape index (κ3) is 2.76. The maximum Gasteiger partial charge on any atom is 0.144 e. The molecule has 0 saturated heterocycles. The highest BCUT2D eigenvalue weighted by Gasteiger charge is 2.14. The number of rotatable bonds is 3. The maximum atomic E-state index is 9.68. The first-order valence-corrected chi connectivity index (χ1v) is 5.76. The van der Waals surface area contributed by atoms with Gasteiger partial charge in [-0.2, -0.15) is 5.26 Å². The number of aromatic nitrogens is 1. The summed E-state index contributed by atoms with van der Waals surface area (Å²) in [6.07, 6.45) is 0. The molecule has 1 aromatic heterocycles. The number of benzene rings is 1. The molecule has 4 nitrogen and oxygen atoms in total. The minimum atomic E-state index is -0.847. The first kappa shape index (κ1) is 12.3. The summed E-state index contributed by atoms with van der Waals surface area (Å²) in [6, 6.07) is 11.5. The third-order valence-electron chi connectivity index (χ3n) is 2.53. The molecule has 0 unspecified atom stereocenters. The maximum absolute atomic E-state index is 9.68. The second kappa shape index (κ2) is 4.63. The van der Waals surface area contributed by atoms with Crippen LogP contribution in [0.1, 0.15) is 19.4 Å². The van der Waals surface area contributed by atoms with Gasteiger partial charge in [0.2, 0.25) is 0 Å². The molecular formula is C14H15N3O. The number of fused-ring (bicyclic) bond motifs is 1. The molecule has 0 amide bonds. The Morgan fingerprint density at radius 3 is 2.78 bits per heavy atom. The van der Waals surface area contributed by atoms with Gasteiger partial charge >= 0.3 is 0 Å². The summed E-state index contributed by atoms with van der Waals surface area (Å²) in [5.74, 6) is 0.512. The van der Waals surface area contributed by atoms with E-state index < -0.39 is 5.60 Å². The fraction of sp³-hybridized carbons (Fsp3) is 0.286. The van der Waals surface area contributed by atoms with Crippen LogP contribution in [0.25, 0.3) is 10.9 Å². The molecule has 0 aliphatic carbocycles. The molecule has 0 fully saturated rings. The van der Waals surface area contributed by atoms with Crippen LogP contribution in [-0.4, -0.2) is 22.2 Å². The summed E-state index contributed by atoms with van der Waals surface area (Å²) < 4.78 is 0. The fourth-order valence-corrected chi connectivity index (χ4v) is 1.64. The fourth-order valence-electron chi connectivity index (χ4n) is 1.64. The molecule has 4 heteroatoms. The zero-order valence-corrected chi connectivity index (χ0v) is 10.4. The van der Waals surface area contributed by atoms with Gasteiger partial charge in [0, 0.05) is 11.9 Å². The number of nitriles is 1. The lowest BCUT2D eigenvalue weighted by Crippen LogP contribution is -2.29. The first-order chi connectivity index (χ1) is 8.49. The first-order valence-electron chi connectivity index (χ1n) is 5.76. The van der Waals surface area contributed by atoms with E-state index in [9.17, 15) is 5.11 Å². The zero-order valence-electron chi connectivity index (χ0n) is 10.4. The van der Waals surface area contributed by atoms with E-state index in [1.807, 2.05) is 24.3 Å². The van der Waals surface area contributed by atoms with E-state index in [0.29, 0.717) is 17.9 Å². The number of pyridine rings is 1. The van der Waals surface area contributed by atoms with Crippen molar-refractivity contribution < 1.29 is 5.11 Å². The summed E-state index contributed by atoms with van der Waals surface area (Å²) in [5, 5.41) is 22.7. The van der Waals surface area contributed by atoms with Crippen LogP contribution < -0.4 is 5.32 Å². The molecule has 1 heterocycles. The van der Waals surface area contributed by atoms with Crippen LogP contribution in [0.15, 0.2) is 30.3 Å². The van der Waals surface area contributed by atoms with Crippen LogP contribution in [0.5, 0.6) is 0 Å². The Hall–Kier alpha value is -2.12.